The number of hydrogen-bond acceptors (Lipinski definition) is 6. The fourth-order valence-corrected chi connectivity index (χ4v) is 4.06. The maximum Gasteiger partial charge on any atom is 0.264 e. The number of aliphatic imine (C=N–C) groups is 1. The summed E-state index contributed by atoms with van der Waals surface area (Å²) in [5.74, 6) is 2.30. The minimum atomic E-state index is -0.436. The van der Waals surface area contributed by atoms with Gasteiger partial charge in [-0.3, -0.25) is 0 Å². The van der Waals surface area contributed by atoms with Crippen LogP contribution in [0.3, 0.4) is 0 Å². The van der Waals surface area contributed by atoms with E-state index in [1.807, 2.05) is 30.3 Å². The first-order valence-electron chi connectivity index (χ1n) is 12.2. The fourth-order valence-electron chi connectivity index (χ4n) is 4.06. The van der Waals surface area contributed by atoms with Crippen LogP contribution in [0, 0.1) is 6.92 Å². The smallest absolute Gasteiger partial charge is 0.264 e. The predicted molar refractivity (Wildman–Crippen MR) is 136 cm³/mol. The van der Waals surface area contributed by atoms with Gasteiger partial charge in [-0.25, -0.2) is 4.99 Å². The van der Waals surface area contributed by atoms with Crippen LogP contribution in [0.2, 0.25) is 0 Å². The highest BCUT2D eigenvalue weighted by atomic mass is 16.7. The van der Waals surface area contributed by atoms with E-state index < -0.39 is 6.29 Å². The Balaban J connectivity index is 1.19. The highest BCUT2D eigenvalue weighted by molar-refractivity contribution is 6.04. The summed E-state index contributed by atoms with van der Waals surface area (Å²) < 4.78 is 28.9. The van der Waals surface area contributed by atoms with Crippen LogP contribution in [-0.4, -0.2) is 45.0 Å². The average molecular weight is 474 g/mol. The standard InChI is InChI=1S/C29H31NO5/c1-3-4-13-31-14-15-32-19-29-34-27-12-10-23(17-28(27)35-29)21-6-8-22(9-7-21)25-18-33-26-11-5-20(2)16-24(26)30-25/h5-12,16-17,29H,3-4,13-15,18-19H2,1-2H3. The van der Waals surface area contributed by atoms with Crippen molar-refractivity contribution in [1.82, 2.24) is 0 Å². The van der Waals surface area contributed by atoms with Crippen LogP contribution in [0.15, 0.2) is 65.7 Å². The van der Waals surface area contributed by atoms with E-state index in [4.69, 9.17) is 28.7 Å². The number of nitrogens with zero attached hydrogens (tertiary/aromatic N) is 1. The molecule has 0 saturated heterocycles. The molecule has 2 aliphatic heterocycles. The van der Waals surface area contributed by atoms with Crippen molar-refractivity contribution in [2.45, 2.75) is 33.0 Å². The maximum atomic E-state index is 5.95. The van der Waals surface area contributed by atoms with Gasteiger partial charge in [0.2, 0.25) is 0 Å². The third-order valence-electron chi connectivity index (χ3n) is 6.01. The first-order valence-corrected chi connectivity index (χ1v) is 12.2. The second kappa shape index (κ2) is 10.9. The zero-order valence-electron chi connectivity index (χ0n) is 20.3. The monoisotopic (exact) mass is 473 g/mol. The lowest BCUT2D eigenvalue weighted by Gasteiger charge is -2.17. The third-order valence-corrected chi connectivity index (χ3v) is 6.01. The quantitative estimate of drug-likeness (QED) is 0.333. The zero-order chi connectivity index (χ0) is 24.0. The van der Waals surface area contributed by atoms with Crippen LogP contribution < -0.4 is 14.2 Å². The van der Waals surface area contributed by atoms with Crippen LogP contribution in [0.4, 0.5) is 5.69 Å². The zero-order valence-corrected chi connectivity index (χ0v) is 20.3. The molecule has 0 bridgehead atoms. The van der Waals surface area contributed by atoms with E-state index in [9.17, 15) is 0 Å². The predicted octanol–water partition coefficient (Wildman–Crippen LogP) is 6.11. The number of hydrogen-bond donors (Lipinski definition) is 0. The summed E-state index contributed by atoms with van der Waals surface area (Å²) >= 11 is 0. The Morgan fingerprint density at radius 1 is 0.800 bits per heavy atom. The van der Waals surface area contributed by atoms with Crippen LogP contribution in [0.5, 0.6) is 17.2 Å². The minimum Gasteiger partial charge on any atom is -0.485 e. The van der Waals surface area contributed by atoms with E-state index in [1.165, 1.54) is 5.56 Å². The second-order valence-corrected chi connectivity index (χ2v) is 8.76. The van der Waals surface area contributed by atoms with Crippen molar-refractivity contribution in [3.8, 4) is 28.4 Å². The summed E-state index contributed by atoms with van der Waals surface area (Å²) in [7, 11) is 0. The van der Waals surface area contributed by atoms with Gasteiger partial charge in [-0.1, -0.05) is 49.7 Å². The third kappa shape index (κ3) is 5.66. The summed E-state index contributed by atoms with van der Waals surface area (Å²) in [6.45, 7) is 6.93. The molecule has 0 saturated carbocycles. The summed E-state index contributed by atoms with van der Waals surface area (Å²) in [4.78, 5) is 4.82. The number of rotatable bonds is 10. The van der Waals surface area contributed by atoms with Gasteiger partial charge in [0.1, 0.15) is 24.7 Å². The maximum absolute atomic E-state index is 5.95. The minimum absolute atomic E-state index is 0.364. The van der Waals surface area contributed by atoms with Crippen LogP contribution >= 0.6 is 0 Å². The van der Waals surface area contributed by atoms with Crippen LogP contribution in [0.1, 0.15) is 30.9 Å². The molecule has 3 aromatic carbocycles. The first kappa shape index (κ1) is 23.4. The molecular weight excluding hydrogens is 442 g/mol. The largest absolute Gasteiger partial charge is 0.485 e. The second-order valence-electron chi connectivity index (χ2n) is 8.76. The van der Waals surface area contributed by atoms with Crippen molar-refractivity contribution in [3.05, 3.63) is 71.8 Å². The molecule has 5 rings (SSSR count). The number of ether oxygens (including phenoxy) is 5. The summed E-state index contributed by atoms with van der Waals surface area (Å²) in [5, 5.41) is 0. The Labute approximate surface area is 206 Å². The van der Waals surface area contributed by atoms with Crippen molar-refractivity contribution in [3.63, 3.8) is 0 Å². The summed E-state index contributed by atoms with van der Waals surface area (Å²) in [5.41, 5.74) is 6.19. The molecule has 0 aliphatic carbocycles. The summed E-state index contributed by atoms with van der Waals surface area (Å²) in [6, 6.07) is 20.4. The molecule has 6 nitrogen and oxygen atoms in total. The fraction of sp³-hybridized carbons (Fsp3) is 0.345. The molecule has 6 heteroatoms. The number of unbranched alkanes of at least 4 members (excludes halogenated alkanes) is 1. The molecule has 2 aliphatic rings. The molecule has 182 valence electrons. The molecule has 0 radical (unpaired) electrons. The van der Waals surface area contributed by atoms with Crippen molar-refractivity contribution in [2.75, 3.05) is 33.0 Å². The van der Waals surface area contributed by atoms with E-state index in [2.05, 4.69) is 44.2 Å². The molecule has 0 fully saturated rings. The van der Waals surface area contributed by atoms with Gasteiger partial charge in [0.25, 0.3) is 6.29 Å². The van der Waals surface area contributed by atoms with Gasteiger partial charge in [0, 0.05) is 6.61 Å². The number of aryl methyl sites for hydroxylation is 1. The van der Waals surface area contributed by atoms with Gasteiger partial charge in [0.15, 0.2) is 11.5 Å². The van der Waals surface area contributed by atoms with Crippen molar-refractivity contribution >= 4 is 11.4 Å². The van der Waals surface area contributed by atoms with Crippen molar-refractivity contribution < 1.29 is 23.7 Å². The van der Waals surface area contributed by atoms with Crippen LogP contribution in [0.25, 0.3) is 11.1 Å². The van der Waals surface area contributed by atoms with Crippen molar-refractivity contribution in [1.29, 1.82) is 0 Å². The highest BCUT2D eigenvalue weighted by Crippen LogP contribution is 2.38. The summed E-state index contributed by atoms with van der Waals surface area (Å²) in [6.07, 6.45) is 1.77. The van der Waals surface area contributed by atoms with Gasteiger partial charge < -0.3 is 23.7 Å². The molecule has 0 aromatic heterocycles. The Bertz CT molecular complexity index is 1190. The number of fused-ring (bicyclic) bond motifs is 2. The van der Waals surface area contributed by atoms with Gasteiger partial charge in [-0.15, -0.1) is 0 Å². The molecule has 0 amide bonds. The van der Waals surface area contributed by atoms with Gasteiger partial charge >= 0.3 is 0 Å². The molecule has 35 heavy (non-hydrogen) atoms. The van der Waals surface area contributed by atoms with Crippen LogP contribution in [-0.2, 0) is 9.47 Å². The topological polar surface area (TPSA) is 58.5 Å². The SMILES string of the molecule is CCCCOCCOCC1Oc2ccc(-c3ccc(C4=Nc5cc(C)ccc5OC4)cc3)cc2O1. The molecule has 3 aromatic rings. The first-order chi connectivity index (χ1) is 17.2. The van der Waals surface area contributed by atoms with E-state index in [0.29, 0.717) is 26.4 Å². The van der Waals surface area contributed by atoms with Crippen molar-refractivity contribution in [2.24, 2.45) is 4.99 Å². The Kier molecular flexibility index (Phi) is 7.31. The number of benzene rings is 3. The normalized spacial score (nSPS) is 15.9. The lowest BCUT2D eigenvalue weighted by molar-refractivity contribution is -0.0463. The van der Waals surface area contributed by atoms with Gasteiger partial charge in [0.05, 0.1) is 18.9 Å². The molecule has 0 N–H and O–H groups in total. The Morgan fingerprint density at radius 3 is 2.40 bits per heavy atom. The van der Waals surface area contributed by atoms with E-state index in [-0.39, 0.29) is 0 Å². The van der Waals surface area contributed by atoms with E-state index in [0.717, 1.165) is 64.8 Å². The molecule has 0 spiro atoms. The lowest BCUT2D eigenvalue weighted by Crippen LogP contribution is -2.25. The van der Waals surface area contributed by atoms with E-state index in [1.54, 1.807) is 0 Å². The lowest BCUT2D eigenvalue weighted by atomic mass is 10.0. The highest BCUT2D eigenvalue weighted by Gasteiger charge is 2.25. The average Bonchev–Trinajstić information content (AvgIpc) is 3.30. The molecule has 1 unspecified atom stereocenters. The molecular formula is C29H31NO5. The Hall–Kier alpha value is -3.35. The van der Waals surface area contributed by atoms with Gasteiger partial charge in [-0.05, 0) is 59.9 Å². The van der Waals surface area contributed by atoms with Gasteiger partial charge in [-0.2, -0.15) is 0 Å². The molecule has 1 atom stereocenters. The van der Waals surface area contributed by atoms with E-state index >= 15 is 0 Å². The Morgan fingerprint density at radius 2 is 1.54 bits per heavy atom. The molecule has 2 heterocycles.